The van der Waals surface area contributed by atoms with Crippen molar-refractivity contribution < 1.29 is 9.47 Å². The summed E-state index contributed by atoms with van der Waals surface area (Å²) in [6, 6.07) is 0.725. The van der Waals surface area contributed by atoms with Crippen LogP contribution in [0, 0.1) is 5.92 Å². The summed E-state index contributed by atoms with van der Waals surface area (Å²) < 4.78 is 10.8. The fraction of sp³-hybridized carbons (Fsp3) is 1.00. The average molecular weight is 214 g/mol. The molecule has 4 unspecified atom stereocenters. The molecule has 0 spiro atoms. The highest BCUT2D eigenvalue weighted by Crippen LogP contribution is 2.22. The van der Waals surface area contributed by atoms with E-state index in [0.29, 0.717) is 24.7 Å². The van der Waals surface area contributed by atoms with Gasteiger partial charge in [0.05, 0.1) is 19.3 Å². The van der Waals surface area contributed by atoms with Crippen molar-refractivity contribution in [3.63, 3.8) is 0 Å². The van der Waals surface area contributed by atoms with E-state index in [-0.39, 0.29) is 6.04 Å². The molecule has 2 fully saturated rings. The van der Waals surface area contributed by atoms with E-state index in [1.54, 1.807) is 7.11 Å². The Kier molecular flexibility index (Phi) is 3.97. The number of hydrogen-bond acceptors (Lipinski definition) is 4. The van der Waals surface area contributed by atoms with Gasteiger partial charge in [-0.2, -0.15) is 0 Å². The summed E-state index contributed by atoms with van der Waals surface area (Å²) in [4.78, 5) is 0. The van der Waals surface area contributed by atoms with Crippen LogP contribution in [0.4, 0.5) is 0 Å². The molecule has 1 aliphatic carbocycles. The van der Waals surface area contributed by atoms with Gasteiger partial charge in [0.25, 0.3) is 0 Å². The smallest absolute Gasteiger partial charge is 0.0724 e. The lowest BCUT2D eigenvalue weighted by Gasteiger charge is -2.22. The van der Waals surface area contributed by atoms with E-state index in [2.05, 4.69) is 5.32 Å². The third-order valence-electron chi connectivity index (χ3n) is 3.65. The topological polar surface area (TPSA) is 56.5 Å². The van der Waals surface area contributed by atoms with E-state index in [9.17, 15) is 0 Å². The first-order chi connectivity index (χ1) is 7.31. The molecule has 0 aromatic rings. The van der Waals surface area contributed by atoms with Crippen molar-refractivity contribution in [1.29, 1.82) is 0 Å². The molecule has 0 radical (unpaired) electrons. The largest absolute Gasteiger partial charge is 0.380 e. The molecule has 15 heavy (non-hydrogen) atoms. The molecule has 0 aromatic heterocycles. The first kappa shape index (κ1) is 11.3. The van der Waals surface area contributed by atoms with Crippen LogP contribution in [0.2, 0.25) is 0 Å². The normalized spacial score (nSPS) is 41.2. The van der Waals surface area contributed by atoms with Crippen LogP contribution in [0.15, 0.2) is 0 Å². The highest BCUT2D eigenvalue weighted by molar-refractivity contribution is 4.87. The Hall–Kier alpha value is -0.160. The highest BCUT2D eigenvalue weighted by atomic mass is 16.5. The fourth-order valence-corrected chi connectivity index (χ4v) is 2.57. The minimum Gasteiger partial charge on any atom is -0.380 e. The summed E-state index contributed by atoms with van der Waals surface area (Å²) in [7, 11) is 1.80. The van der Waals surface area contributed by atoms with E-state index in [4.69, 9.17) is 15.2 Å². The summed E-state index contributed by atoms with van der Waals surface area (Å²) in [5.74, 6) is 0.475. The van der Waals surface area contributed by atoms with Crippen molar-refractivity contribution in [2.75, 3.05) is 26.9 Å². The van der Waals surface area contributed by atoms with Crippen LogP contribution in [-0.4, -0.2) is 45.1 Å². The lowest BCUT2D eigenvalue weighted by Crippen LogP contribution is -2.43. The fourth-order valence-electron chi connectivity index (χ4n) is 2.57. The number of rotatable bonds is 4. The highest BCUT2D eigenvalue weighted by Gasteiger charge is 2.30. The van der Waals surface area contributed by atoms with E-state index >= 15 is 0 Å². The van der Waals surface area contributed by atoms with Gasteiger partial charge in [-0.3, -0.25) is 0 Å². The molecule has 88 valence electrons. The standard InChI is InChI=1S/C11H22N2O2/c1-14-11-4-2-3-10(11)13-5-8-6-15-7-9(8)12/h8-11,13H,2-7,12H2,1H3. The Morgan fingerprint density at radius 2 is 2.27 bits per heavy atom. The molecule has 4 heteroatoms. The van der Waals surface area contributed by atoms with Crippen molar-refractivity contribution in [3.05, 3.63) is 0 Å². The maximum atomic E-state index is 5.93. The van der Waals surface area contributed by atoms with Gasteiger partial charge in [-0.25, -0.2) is 0 Å². The Morgan fingerprint density at radius 1 is 1.40 bits per heavy atom. The van der Waals surface area contributed by atoms with Crippen LogP contribution in [0.3, 0.4) is 0 Å². The van der Waals surface area contributed by atoms with Gasteiger partial charge in [-0.15, -0.1) is 0 Å². The predicted octanol–water partition coefficient (Wildman–Crippen LogP) is 0.117. The molecule has 4 atom stereocenters. The second kappa shape index (κ2) is 5.25. The zero-order valence-corrected chi connectivity index (χ0v) is 9.45. The lowest BCUT2D eigenvalue weighted by molar-refractivity contribution is 0.0832. The maximum Gasteiger partial charge on any atom is 0.0724 e. The van der Waals surface area contributed by atoms with Gasteiger partial charge in [-0.1, -0.05) is 0 Å². The third kappa shape index (κ3) is 2.69. The molecule has 0 aromatic carbocycles. The first-order valence-corrected chi connectivity index (χ1v) is 5.90. The predicted molar refractivity (Wildman–Crippen MR) is 58.7 cm³/mol. The molecule has 4 nitrogen and oxygen atoms in total. The van der Waals surface area contributed by atoms with Crippen molar-refractivity contribution in [2.45, 2.75) is 37.5 Å². The summed E-state index contributed by atoms with van der Waals surface area (Å²) in [5.41, 5.74) is 5.93. The number of ether oxygens (including phenoxy) is 2. The number of methoxy groups -OCH3 is 1. The molecule has 2 rings (SSSR count). The number of hydrogen-bond donors (Lipinski definition) is 2. The first-order valence-electron chi connectivity index (χ1n) is 5.90. The zero-order chi connectivity index (χ0) is 10.7. The lowest BCUT2D eigenvalue weighted by atomic mass is 10.0. The summed E-state index contributed by atoms with van der Waals surface area (Å²) in [5, 5.41) is 3.57. The third-order valence-corrected chi connectivity index (χ3v) is 3.65. The van der Waals surface area contributed by atoms with Crippen LogP contribution in [-0.2, 0) is 9.47 Å². The molecule has 1 saturated carbocycles. The van der Waals surface area contributed by atoms with Gasteiger partial charge in [0.2, 0.25) is 0 Å². The van der Waals surface area contributed by atoms with Crippen LogP contribution >= 0.6 is 0 Å². The van der Waals surface area contributed by atoms with E-state index in [1.165, 1.54) is 19.3 Å². The Bertz CT molecular complexity index is 201. The molecule has 1 aliphatic heterocycles. The molecular formula is C11H22N2O2. The van der Waals surface area contributed by atoms with E-state index < -0.39 is 0 Å². The molecule has 0 amide bonds. The van der Waals surface area contributed by atoms with Gasteiger partial charge < -0.3 is 20.5 Å². The van der Waals surface area contributed by atoms with Gasteiger partial charge in [0.1, 0.15) is 0 Å². The van der Waals surface area contributed by atoms with Crippen LogP contribution in [0.5, 0.6) is 0 Å². The quantitative estimate of drug-likeness (QED) is 0.698. The number of nitrogens with two attached hydrogens (primary N) is 1. The van der Waals surface area contributed by atoms with Crippen molar-refractivity contribution in [3.8, 4) is 0 Å². The maximum absolute atomic E-state index is 5.93. The van der Waals surface area contributed by atoms with Crippen molar-refractivity contribution in [1.82, 2.24) is 5.32 Å². The van der Waals surface area contributed by atoms with Gasteiger partial charge >= 0.3 is 0 Å². The van der Waals surface area contributed by atoms with Gasteiger partial charge in [-0.05, 0) is 19.3 Å². The second-order valence-corrected chi connectivity index (χ2v) is 4.68. The summed E-state index contributed by atoms with van der Waals surface area (Å²) in [6.07, 6.45) is 4.06. The molecular weight excluding hydrogens is 192 g/mol. The SMILES string of the molecule is COC1CCCC1NCC1COCC1N. The van der Waals surface area contributed by atoms with Crippen molar-refractivity contribution >= 4 is 0 Å². The molecule has 1 saturated heterocycles. The second-order valence-electron chi connectivity index (χ2n) is 4.68. The Balaban J connectivity index is 1.72. The Morgan fingerprint density at radius 3 is 2.93 bits per heavy atom. The molecule has 1 heterocycles. The van der Waals surface area contributed by atoms with Crippen LogP contribution in [0.25, 0.3) is 0 Å². The van der Waals surface area contributed by atoms with E-state index in [1.807, 2.05) is 0 Å². The Labute approximate surface area is 91.5 Å². The van der Waals surface area contributed by atoms with Crippen LogP contribution in [0.1, 0.15) is 19.3 Å². The minimum atomic E-state index is 0.208. The zero-order valence-electron chi connectivity index (χ0n) is 9.45. The average Bonchev–Trinajstić information content (AvgIpc) is 2.83. The van der Waals surface area contributed by atoms with Gasteiger partial charge in [0.15, 0.2) is 0 Å². The van der Waals surface area contributed by atoms with Crippen LogP contribution < -0.4 is 11.1 Å². The molecule has 3 N–H and O–H groups in total. The molecule has 2 aliphatic rings. The minimum absolute atomic E-state index is 0.208. The van der Waals surface area contributed by atoms with Gasteiger partial charge in [0, 0.05) is 31.7 Å². The summed E-state index contributed by atoms with van der Waals surface area (Å²) in [6.45, 7) is 2.48. The summed E-state index contributed by atoms with van der Waals surface area (Å²) >= 11 is 0. The molecule has 0 bridgehead atoms. The number of nitrogens with one attached hydrogen (secondary N) is 1. The monoisotopic (exact) mass is 214 g/mol. The van der Waals surface area contributed by atoms with Crippen molar-refractivity contribution in [2.24, 2.45) is 11.7 Å². The van der Waals surface area contributed by atoms with E-state index in [0.717, 1.165) is 13.2 Å².